The van der Waals surface area contributed by atoms with Crippen LogP contribution in [0.25, 0.3) is 21.5 Å². The number of anilines is 1. The highest BCUT2D eigenvalue weighted by Crippen LogP contribution is 2.55. The number of carbonyl (C=O) groups excluding carboxylic acids is 6. The molecule has 0 bridgehead atoms. The number of aliphatic hydroxyl groups is 7. The minimum atomic E-state index is -3.12. The Bertz CT molecular complexity index is 3270. The highest BCUT2D eigenvalue weighted by Gasteiger charge is 2.67. The second-order valence-electron chi connectivity index (χ2n) is 19.3. The van der Waals surface area contributed by atoms with Crippen LogP contribution in [0.2, 0.25) is 0 Å². The highest BCUT2D eigenvalue weighted by atomic mass is 16.4. The van der Waals surface area contributed by atoms with Crippen molar-refractivity contribution in [2.75, 3.05) is 33.5 Å². The lowest BCUT2D eigenvalue weighted by molar-refractivity contribution is -0.161. The van der Waals surface area contributed by atoms with Gasteiger partial charge in [0.25, 0.3) is 11.8 Å². The summed E-state index contributed by atoms with van der Waals surface area (Å²) in [6.07, 6.45) is -1.98. The van der Waals surface area contributed by atoms with Gasteiger partial charge in [-0.2, -0.15) is 0 Å². The van der Waals surface area contributed by atoms with Gasteiger partial charge in [-0.25, -0.2) is 0 Å². The number of primary amides is 1. The number of nitrogens with two attached hydrogens (primary N) is 1. The van der Waals surface area contributed by atoms with E-state index in [-0.39, 0.29) is 52.8 Å². The summed E-state index contributed by atoms with van der Waals surface area (Å²) in [7, 11) is 5.91. The van der Waals surface area contributed by atoms with Gasteiger partial charge < -0.3 is 57.0 Å². The first-order valence-electron chi connectivity index (χ1n) is 22.0. The first-order valence-corrected chi connectivity index (χ1v) is 22.0. The van der Waals surface area contributed by atoms with Gasteiger partial charge in [-0.3, -0.25) is 38.6 Å². The van der Waals surface area contributed by atoms with E-state index in [2.05, 4.69) is 5.32 Å². The van der Waals surface area contributed by atoms with Crippen LogP contribution in [0.15, 0.2) is 99.9 Å². The van der Waals surface area contributed by atoms with Crippen molar-refractivity contribution < 1.29 is 74.7 Å². The van der Waals surface area contributed by atoms with Gasteiger partial charge >= 0.3 is 0 Å². The molecule has 0 radical (unpaired) electrons. The first-order chi connectivity index (χ1) is 32.5. The molecule has 0 fully saturated rings. The van der Waals surface area contributed by atoms with Crippen LogP contribution in [-0.2, 0) is 32.0 Å². The van der Waals surface area contributed by atoms with E-state index in [0.29, 0.717) is 21.7 Å². The number of benzene rings is 4. The minimum Gasteiger partial charge on any atom is -0.510 e. The summed E-state index contributed by atoms with van der Waals surface area (Å²) >= 11 is 0. The number of fused-ring (bicyclic) bond motifs is 8. The van der Waals surface area contributed by atoms with Crippen molar-refractivity contribution in [3.63, 3.8) is 0 Å². The summed E-state index contributed by atoms with van der Waals surface area (Å²) in [6, 6.07) is 11.5. The number of ketones is 4. The summed E-state index contributed by atoms with van der Waals surface area (Å²) in [6.45, 7) is 0. The number of hydrogen-bond donors (Lipinski definition) is 11. The summed E-state index contributed by atoms with van der Waals surface area (Å²) < 4.78 is 0. The van der Waals surface area contributed by atoms with E-state index in [0.717, 1.165) is 0 Å². The molecule has 4 aromatic rings. The van der Waals surface area contributed by atoms with E-state index in [4.69, 9.17) is 5.73 Å². The molecule has 6 aliphatic carbocycles. The lowest BCUT2D eigenvalue weighted by Crippen LogP contribution is -2.68. The molecule has 4 aromatic carbocycles. The topological polar surface area (TPSA) is 329 Å². The first kappa shape index (κ1) is 45.4. The monoisotopic (exact) mass is 942 g/mol. The molecule has 0 heterocycles. The molecular weight excluding hydrogens is 897 g/mol. The average molecular weight is 943 g/mol. The number of phenols is 2. The Balaban J connectivity index is 1.01. The zero-order valence-electron chi connectivity index (χ0n) is 37.3. The predicted octanol–water partition coefficient (Wildman–Crippen LogP) is 1.99. The maximum absolute atomic E-state index is 14.5. The fourth-order valence-corrected chi connectivity index (χ4v) is 12.2. The van der Waals surface area contributed by atoms with E-state index in [1.54, 1.807) is 30.3 Å². The molecule has 0 aliphatic heterocycles. The number of rotatable bonds is 5. The smallest absolute Gasteiger partial charge is 0.262 e. The van der Waals surface area contributed by atoms with Crippen LogP contribution in [0, 0.1) is 23.7 Å². The Hall–Kier alpha value is -7.42. The van der Waals surface area contributed by atoms with Crippen molar-refractivity contribution in [3.8, 4) is 11.5 Å². The van der Waals surface area contributed by atoms with Gasteiger partial charge in [0.2, 0.25) is 11.6 Å². The van der Waals surface area contributed by atoms with Crippen LogP contribution in [0.3, 0.4) is 0 Å². The quantitative estimate of drug-likeness (QED) is 0.127. The van der Waals surface area contributed by atoms with Gasteiger partial charge in [0.1, 0.15) is 45.7 Å². The van der Waals surface area contributed by atoms with Gasteiger partial charge in [0, 0.05) is 39.4 Å². The standard InChI is InChI=1S/C50H46N4O15/c1-53(2)34-26-15-21-13-19-11-17-7-5-6-8-23(17)36(55)27(19)39(58)29(21)43(62)49(26,68)46(65)32(42(34)61)48(67)52-22-10-9-18-12-20-14-25-30(40(59)28(20)37(56)24(18)16-22)44(63)50(69)33(38(25)57)35(54(3)4)41(60)31(45(50)64)47(51)66/h5-12,16,21,25-26,33-35,38,55-57,60-63,68-69H,13-15H2,1-4H3,(H2,51,66)(H,52,67)/t21-,25+,26-,33+,34-,35-,38-,49-,50-/m0/s1. The lowest BCUT2D eigenvalue weighted by Gasteiger charge is -2.52. The number of Topliss-reactive ketones (excluding diaryl/α,β-unsaturated/α-hetero) is 4. The Morgan fingerprint density at radius 1 is 0.681 bits per heavy atom. The molecule has 19 nitrogen and oxygen atoms in total. The second kappa shape index (κ2) is 15.0. The van der Waals surface area contributed by atoms with Gasteiger partial charge in [-0.15, -0.1) is 0 Å². The molecule has 0 aromatic heterocycles. The Morgan fingerprint density at radius 2 is 1.23 bits per heavy atom. The van der Waals surface area contributed by atoms with Crippen LogP contribution in [-0.4, -0.2) is 148 Å². The number of aliphatic hydroxyl groups excluding tert-OH is 5. The van der Waals surface area contributed by atoms with Gasteiger partial charge in [0.15, 0.2) is 22.8 Å². The molecule has 10 rings (SSSR count). The molecule has 0 saturated carbocycles. The van der Waals surface area contributed by atoms with E-state index in [9.17, 15) is 74.7 Å². The SMILES string of the molecule is CN(C)[C@@H]1C(O)=C(C(N)=O)C(=O)[C@@]2(O)C(O)=C3C(=O)c4c(cc5ccc(NC(=O)C6=C(O)[C@@H](N(C)C)[C@@H]7C[C@@H]8Cc9cc%10ccccc%10c(O)c9C(=O)C8=C(O)[C@]7(O)C6=O)cc5c4O)C[C@H]3[C@H](O)[C@@H]12. The van der Waals surface area contributed by atoms with Gasteiger partial charge in [-0.1, -0.05) is 42.5 Å². The number of amides is 2. The Morgan fingerprint density at radius 3 is 1.87 bits per heavy atom. The normalized spacial score (nSPS) is 29.8. The number of likely N-dealkylation sites (N-methyl/N-ethyl adjacent to an activating group) is 2. The summed E-state index contributed by atoms with van der Waals surface area (Å²) in [5.74, 6) is -17.3. The van der Waals surface area contributed by atoms with Crippen LogP contribution in [0.5, 0.6) is 11.5 Å². The van der Waals surface area contributed by atoms with Crippen molar-refractivity contribution in [3.05, 3.63) is 122 Å². The summed E-state index contributed by atoms with van der Waals surface area (Å²) in [4.78, 5) is 86.3. The van der Waals surface area contributed by atoms with E-state index in [1.165, 1.54) is 62.3 Å². The Labute approximate surface area is 391 Å². The molecule has 2 amide bonds. The summed E-state index contributed by atoms with van der Waals surface area (Å²) in [5, 5.41) is 110. The number of carbonyl (C=O) groups is 6. The Kier molecular flexibility index (Phi) is 9.89. The zero-order valence-corrected chi connectivity index (χ0v) is 37.3. The molecule has 69 heavy (non-hydrogen) atoms. The second-order valence-corrected chi connectivity index (χ2v) is 19.3. The third kappa shape index (κ3) is 5.85. The fraction of sp³-hybridized carbons (Fsp3) is 0.320. The van der Waals surface area contributed by atoms with Crippen molar-refractivity contribution in [1.82, 2.24) is 9.80 Å². The van der Waals surface area contributed by atoms with Crippen molar-refractivity contribution in [2.24, 2.45) is 29.4 Å². The van der Waals surface area contributed by atoms with Crippen LogP contribution >= 0.6 is 0 Å². The molecule has 0 unspecified atom stereocenters. The van der Waals surface area contributed by atoms with Crippen LogP contribution in [0.4, 0.5) is 5.69 Å². The van der Waals surface area contributed by atoms with E-state index >= 15 is 0 Å². The number of nitrogens with zero attached hydrogens (tertiary/aromatic N) is 2. The number of hydrogen-bond acceptors (Lipinski definition) is 17. The van der Waals surface area contributed by atoms with Gasteiger partial charge in [-0.05, 0) is 87.4 Å². The molecule has 6 aliphatic rings. The largest absolute Gasteiger partial charge is 0.510 e. The maximum Gasteiger partial charge on any atom is 0.262 e. The average Bonchev–Trinajstić information content (AvgIpc) is 3.27. The molecule has 12 N–H and O–H groups in total. The van der Waals surface area contributed by atoms with Gasteiger partial charge in [0.05, 0.1) is 35.2 Å². The number of allylic oxidation sites excluding steroid dienone is 1. The molecular formula is C50H46N4O15. The molecule has 0 saturated heterocycles. The molecule has 9 atom stereocenters. The third-order valence-electron chi connectivity index (χ3n) is 15.3. The third-order valence-corrected chi connectivity index (χ3v) is 15.3. The highest BCUT2D eigenvalue weighted by molar-refractivity contribution is 6.29. The zero-order chi connectivity index (χ0) is 49.8. The van der Waals surface area contributed by atoms with Crippen LogP contribution in [0.1, 0.15) is 38.3 Å². The van der Waals surface area contributed by atoms with E-state index in [1.807, 2.05) is 0 Å². The van der Waals surface area contributed by atoms with E-state index < -0.39 is 139 Å². The number of aromatic hydroxyl groups is 2. The molecule has 19 heteroatoms. The van der Waals surface area contributed by atoms with Crippen LogP contribution < -0.4 is 11.1 Å². The predicted molar refractivity (Wildman–Crippen MR) is 243 cm³/mol. The summed E-state index contributed by atoms with van der Waals surface area (Å²) in [5.41, 5.74) is -3.45. The lowest BCUT2D eigenvalue weighted by atomic mass is 9.57. The van der Waals surface area contributed by atoms with Crippen molar-refractivity contribution >= 4 is 62.2 Å². The van der Waals surface area contributed by atoms with Crippen molar-refractivity contribution in [1.29, 1.82) is 0 Å². The maximum atomic E-state index is 14.5. The number of nitrogens with one attached hydrogen (secondary N) is 1. The van der Waals surface area contributed by atoms with Crippen molar-refractivity contribution in [2.45, 2.75) is 48.7 Å². The minimum absolute atomic E-state index is 0.0671. The fourth-order valence-electron chi connectivity index (χ4n) is 12.2. The molecule has 356 valence electrons. The molecule has 0 spiro atoms. The number of phenolic OH excluding ortho intramolecular Hbond substituents is 2.